The molecule has 0 aliphatic rings. The zero-order chi connectivity index (χ0) is 15.2. The van der Waals surface area contributed by atoms with Crippen molar-refractivity contribution in [3.05, 3.63) is 64.7 Å². The molecule has 2 aromatic rings. The summed E-state index contributed by atoms with van der Waals surface area (Å²) in [6, 6.07) is 15.6. The molecule has 0 radical (unpaired) electrons. The fourth-order valence-electron chi connectivity index (χ4n) is 1.61. The topological polar surface area (TPSA) is 65.2 Å². The molecule has 0 spiro atoms. The second-order valence-electron chi connectivity index (χ2n) is 4.39. The fraction of sp³-hybridized carbons (Fsp3) is 0.0625. The van der Waals surface area contributed by atoms with E-state index in [9.17, 15) is 4.79 Å². The van der Waals surface area contributed by atoms with Crippen LogP contribution in [0.25, 0.3) is 0 Å². The van der Waals surface area contributed by atoms with Gasteiger partial charge < -0.3 is 0 Å². The molecule has 0 heterocycles. The molecular formula is C16H12ClN3O. The highest BCUT2D eigenvalue weighted by atomic mass is 35.5. The zero-order valence-electron chi connectivity index (χ0n) is 11.3. The monoisotopic (exact) mass is 297 g/mol. The van der Waals surface area contributed by atoms with E-state index in [0.717, 1.165) is 5.56 Å². The first-order chi connectivity index (χ1) is 10.1. The van der Waals surface area contributed by atoms with Gasteiger partial charge in [0, 0.05) is 10.6 Å². The number of anilines is 1. The van der Waals surface area contributed by atoms with E-state index in [0.29, 0.717) is 16.3 Å². The summed E-state index contributed by atoms with van der Waals surface area (Å²) in [6.45, 7) is 1.97. The number of halogens is 1. The van der Waals surface area contributed by atoms with E-state index in [1.54, 1.807) is 30.3 Å². The molecule has 2 rings (SSSR count). The summed E-state index contributed by atoms with van der Waals surface area (Å²) in [5, 5.41) is 13.5. The van der Waals surface area contributed by atoms with E-state index in [2.05, 4.69) is 10.5 Å². The summed E-state index contributed by atoms with van der Waals surface area (Å²) in [7, 11) is 0. The number of rotatable bonds is 4. The van der Waals surface area contributed by atoms with Crippen molar-refractivity contribution in [1.29, 1.82) is 5.26 Å². The van der Waals surface area contributed by atoms with Crippen LogP contribution in [-0.4, -0.2) is 11.5 Å². The Balaban J connectivity index is 2.17. The van der Waals surface area contributed by atoms with E-state index < -0.39 is 5.78 Å². The summed E-state index contributed by atoms with van der Waals surface area (Å²) < 4.78 is 0. The third-order valence-corrected chi connectivity index (χ3v) is 3.03. The average molecular weight is 298 g/mol. The number of hydrazone groups is 1. The average Bonchev–Trinajstić information content (AvgIpc) is 2.50. The van der Waals surface area contributed by atoms with Gasteiger partial charge in [-0.1, -0.05) is 29.3 Å². The number of ketones is 1. The van der Waals surface area contributed by atoms with Crippen molar-refractivity contribution in [2.75, 3.05) is 5.43 Å². The normalized spacial score (nSPS) is 10.8. The third-order valence-electron chi connectivity index (χ3n) is 2.78. The van der Waals surface area contributed by atoms with Crippen LogP contribution in [0, 0.1) is 18.3 Å². The third kappa shape index (κ3) is 3.91. The Labute approximate surface area is 127 Å². The maximum Gasteiger partial charge on any atom is 0.223 e. The van der Waals surface area contributed by atoms with Crippen LogP contribution >= 0.6 is 11.6 Å². The van der Waals surface area contributed by atoms with Crippen molar-refractivity contribution >= 4 is 28.8 Å². The van der Waals surface area contributed by atoms with Crippen molar-refractivity contribution in [2.24, 2.45) is 5.10 Å². The van der Waals surface area contributed by atoms with Gasteiger partial charge in [-0.15, -0.1) is 0 Å². The summed E-state index contributed by atoms with van der Waals surface area (Å²) in [5.41, 5.74) is 4.68. The molecule has 0 bridgehead atoms. The molecule has 0 aliphatic carbocycles. The summed E-state index contributed by atoms with van der Waals surface area (Å²) >= 11 is 5.76. The molecular weight excluding hydrogens is 286 g/mol. The van der Waals surface area contributed by atoms with Crippen LogP contribution in [-0.2, 0) is 0 Å². The molecule has 0 saturated heterocycles. The smallest absolute Gasteiger partial charge is 0.223 e. The number of carbonyl (C=O) groups excluding carboxylic acids is 1. The predicted octanol–water partition coefficient (Wildman–Crippen LogP) is 3.82. The van der Waals surface area contributed by atoms with Gasteiger partial charge >= 0.3 is 0 Å². The minimum absolute atomic E-state index is 0.210. The fourth-order valence-corrected chi connectivity index (χ4v) is 1.74. The van der Waals surface area contributed by atoms with Crippen molar-refractivity contribution < 1.29 is 4.79 Å². The van der Waals surface area contributed by atoms with Crippen molar-refractivity contribution in [1.82, 2.24) is 0 Å². The molecule has 5 heteroatoms. The van der Waals surface area contributed by atoms with Crippen LogP contribution < -0.4 is 5.43 Å². The summed E-state index contributed by atoms with van der Waals surface area (Å²) in [4.78, 5) is 12.1. The Morgan fingerprint density at radius 3 is 2.33 bits per heavy atom. The molecule has 0 saturated carbocycles. The molecule has 104 valence electrons. The first-order valence-corrected chi connectivity index (χ1v) is 6.58. The lowest BCUT2D eigenvalue weighted by Crippen LogP contribution is -2.14. The molecule has 4 nitrogen and oxygen atoms in total. The summed E-state index contributed by atoms with van der Waals surface area (Å²) in [6.07, 6.45) is 0. The highest BCUT2D eigenvalue weighted by Crippen LogP contribution is 2.11. The number of Topliss-reactive ketones (excluding diaryl/α,β-unsaturated/α-hetero) is 1. The maximum absolute atomic E-state index is 12.1. The Morgan fingerprint density at radius 2 is 1.76 bits per heavy atom. The van der Waals surface area contributed by atoms with E-state index in [4.69, 9.17) is 16.9 Å². The van der Waals surface area contributed by atoms with Crippen molar-refractivity contribution in [3.63, 3.8) is 0 Å². The van der Waals surface area contributed by atoms with E-state index in [1.165, 1.54) is 0 Å². The van der Waals surface area contributed by atoms with Crippen molar-refractivity contribution in [3.8, 4) is 6.07 Å². The van der Waals surface area contributed by atoms with Gasteiger partial charge in [-0.2, -0.15) is 10.4 Å². The van der Waals surface area contributed by atoms with E-state index in [-0.39, 0.29) is 5.71 Å². The quantitative estimate of drug-likeness (QED) is 0.530. The Bertz CT molecular complexity index is 713. The Morgan fingerprint density at radius 1 is 1.14 bits per heavy atom. The number of hydrogen-bond donors (Lipinski definition) is 1. The van der Waals surface area contributed by atoms with Gasteiger partial charge in [0.25, 0.3) is 0 Å². The minimum Gasteiger partial charge on any atom is -0.286 e. The lowest BCUT2D eigenvalue weighted by atomic mass is 10.1. The molecule has 0 atom stereocenters. The highest BCUT2D eigenvalue weighted by molar-refractivity contribution is 6.51. The molecule has 1 N–H and O–H groups in total. The van der Waals surface area contributed by atoms with Crippen LogP contribution in [0.2, 0.25) is 5.02 Å². The summed E-state index contributed by atoms with van der Waals surface area (Å²) in [5.74, 6) is -0.450. The Kier molecular flexibility index (Phi) is 4.70. The number of nitrogens with one attached hydrogen (secondary N) is 1. The van der Waals surface area contributed by atoms with E-state index in [1.807, 2.05) is 31.2 Å². The van der Waals surface area contributed by atoms with Crippen LogP contribution in [0.1, 0.15) is 15.9 Å². The number of hydrogen-bond acceptors (Lipinski definition) is 4. The molecule has 0 aliphatic heterocycles. The molecule has 0 aromatic heterocycles. The Hall–Kier alpha value is -2.64. The first-order valence-electron chi connectivity index (χ1n) is 6.21. The zero-order valence-corrected chi connectivity index (χ0v) is 12.1. The SMILES string of the molecule is Cc1ccc(N/N=C(\C#N)C(=O)c2ccc(Cl)cc2)cc1. The number of nitriles is 1. The molecule has 2 aromatic carbocycles. The second-order valence-corrected chi connectivity index (χ2v) is 4.82. The van der Waals surface area contributed by atoms with Gasteiger partial charge in [0.15, 0.2) is 0 Å². The van der Waals surface area contributed by atoms with Gasteiger partial charge in [0.05, 0.1) is 5.69 Å². The van der Waals surface area contributed by atoms with Crippen LogP contribution in [0.5, 0.6) is 0 Å². The molecule has 0 fully saturated rings. The van der Waals surface area contributed by atoms with Crippen LogP contribution in [0.3, 0.4) is 0 Å². The lowest BCUT2D eigenvalue weighted by Gasteiger charge is -2.02. The molecule has 0 amide bonds. The van der Waals surface area contributed by atoms with Gasteiger partial charge in [-0.25, -0.2) is 0 Å². The van der Waals surface area contributed by atoms with Gasteiger partial charge in [0.1, 0.15) is 6.07 Å². The highest BCUT2D eigenvalue weighted by Gasteiger charge is 2.13. The van der Waals surface area contributed by atoms with Gasteiger partial charge in [0.2, 0.25) is 11.5 Å². The maximum atomic E-state index is 12.1. The van der Waals surface area contributed by atoms with Gasteiger partial charge in [-0.3, -0.25) is 10.2 Å². The molecule has 21 heavy (non-hydrogen) atoms. The number of nitrogens with zero attached hydrogens (tertiary/aromatic N) is 2. The van der Waals surface area contributed by atoms with E-state index >= 15 is 0 Å². The van der Waals surface area contributed by atoms with Crippen molar-refractivity contribution in [2.45, 2.75) is 6.92 Å². The number of carbonyl (C=O) groups is 1. The second kappa shape index (κ2) is 6.69. The first kappa shape index (κ1) is 14.8. The standard InChI is InChI=1S/C16H12ClN3O/c1-11-2-8-14(9-3-11)19-20-15(10-18)16(21)12-4-6-13(17)7-5-12/h2-9,19H,1H3/b20-15+. The largest absolute Gasteiger partial charge is 0.286 e. The van der Waals surface area contributed by atoms with Crippen LogP contribution in [0.15, 0.2) is 53.6 Å². The molecule has 0 unspecified atom stereocenters. The predicted molar refractivity (Wildman–Crippen MR) is 83.6 cm³/mol. The number of aryl methyl sites for hydroxylation is 1. The van der Waals surface area contributed by atoms with Crippen LogP contribution in [0.4, 0.5) is 5.69 Å². The number of benzene rings is 2. The van der Waals surface area contributed by atoms with Gasteiger partial charge in [-0.05, 0) is 43.3 Å². The lowest BCUT2D eigenvalue weighted by molar-refractivity contribution is 0.106. The minimum atomic E-state index is -0.450.